The fraction of sp³-hybridized carbons (Fsp3) is 0.304. The molecule has 0 bridgehead atoms. The van der Waals surface area contributed by atoms with Crippen LogP contribution in [0.4, 0.5) is 0 Å². The van der Waals surface area contributed by atoms with E-state index >= 15 is 0 Å². The second-order valence-electron chi connectivity index (χ2n) is 7.06. The van der Waals surface area contributed by atoms with Crippen molar-refractivity contribution in [3.8, 4) is 5.75 Å². The highest BCUT2D eigenvalue weighted by atomic mass is 16.5. The molecule has 5 heteroatoms. The van der Waals surface area contributed by atoms with Crippen LogP contribution in [0.5, 0.6) is 5.75 Å². The van der Waals surface area contributed by atoms with Crippen LogP contribution in [0.1, 0.15) is 39.2 Å². The zero-order chi connectivity index (χ0) is 19.9. The number of carbonyl (C=O) groups excluding carboxylic acids is 1. The van der Waals surface area contributed by atoms with E-state index in [1.807, 2.05) is 61.0 Å². The fourth-order valence-corrected chi connectivity index (χ4v) is 3.09. The van der Waals surface area contributed by atoms with Gasteiger partial charge in [0.05, 0.1) is 0 Å². The maximum atomic E-state index is 12.4. The summed E-state index contributed by atoms with van der Waals surface area (Å²) in [6, 6.07) is 15.7. The summed E-state index contributed by atoms with van der Waals surface area (Å²) in [5.41, 5.74) is 5.08. The van der Waals surface area contributed by atoms with Gasteiger partial charge in [0.1, 0.15) is 12.4 Å². The van der Waals surface area contributed by atoms with Crippen LogP contribution in [0, 0.1) is 20.8 Å². The molecule has 1 heterocycles. The second-order valence-corrected chi connectivity index (χ2v) is 7.06. The predicted octanol–water partition coefficient (Wildman–Crippen LogP) is 4.21. The number of nitrogens with zero attached hydrogens (tertiary/aromatic N) is 2. The van der Waals surface area contributed by atoms with Crippen LogP contribution in [0.2, 0.25) is 0 Å². The Bertz CT molecular complexity index is 947. The average Bonchev–Trinajstić information content (AvgIpc) is 3.09. The Morgan fingerprint density at radius 3 is 2.71 bits per heavy atom. The quantitative estimate of drug-likeness (QED) is 0.599. The topological polar surface area (TPSA) is 56.1 Å². The van der Waals surface area contributed by atoms with Gasteiger partial charge in [0.2, 0.25) is 0 Å². The van der Waals surface area contributed by atoms with Crippen LogP contribution >= 0.6 is 0 Å². The second kappa shape index (κ2) is 9.22. The summed E-state index contributed by atoms with van der Waals surface area (Å²) < 4.78 is 7.86. The standard InChI is InChI=1S/C23H27N3O2/c1-17-8-9-22(18(2)14-17)28-16-20-6-4-7-21(15-20)23(27)24-11-5-13-26-19(3)10-12-25-26/h4,6-10,12,14-15H,5,11,13,16H2,1-3H3,(H,24,27). The van der Waals surface area contributed by atoms with E-state index in [0.717, 1.165) is 35.5 Å². The van der Waals surface area contributed by atoms with Gasteiger partial charge in [-0.05, 0) is 62.6 Å². The Morgan fingerprint density at radius 1 is 1.11 bits per heavy atom. The molecule has 0 spiro atoms. The van der Waals surface area contributed by atoms with Gasteiger partial charge in [-0.25, -0.2) is 0 Å². The predicted molar refractivity (Wildman–Crippen MR) is 111 cm³/mol. The number of ether oxygens (including phenoxy) is 1. The Morgan fingerprint density at radius 2 is 1.96 bits per heavy atom. The molecule has 0 saturated heterocycles. The van der Waals surface area contributed by atoms with Crippen molar-refractivity contribution >= 4 is 5.91 Å². The van der Waals surface area contributed by atoms with Crippen molar-refractivity contribution in [2.24, 2.45) is 0 Å². The minimum Gasteiger partial charge on any atom is -0.489 e. The number of aromatic nitrogens is 2. The summed E-state index contributed by atoms with van der Waals surface area (Å²) in [5.74, 6) is 0.805. The number of hydrogen-bond donors (Lipinski definition) is 1. The van der Waals surface area contributed by atoms with Gasteiger partial charge in [0.15, 0.2) is 0 Å². The fourth-order valence-electron chi connectivity index (χ4n) is 3.09. The maximum Gasteiger partial charge on any atom is 0.251 e. The summed E-state index contributed by atoms with van der Waals surface area (Å²) in [6.45, 7) is 7.97. The molecule has 0 fully saturated rings. The smallest absolute Gasteiger partial charge is 0.251 e. The molecule has 28 heavy (non-hydrogen) atoms. The highest BCUT2D eigenvalue weighted by Gasteiger charge is 2.07. The molecule has 3 aromatic rings. The molecule has 0 atom stereocenters. The Labute approximate surface area is 166 Å². The molecule has 0 aliphatic heterocycles. The Balaban J connectivity index is 1.50. The van der Waals surface area contributed by atoms with E-state index in [1.165, 1.54) is 5.56 Å². The number of carbonyl (C=O) groups is 1. The number of amides is 1. The minimum atomic E-state index is -0.0643. The van der Waals surface area contributed by atoms with E-state index in [2.05, 4.69) is 23.4 Å². The van der Waals surface area contributed by atoms with Crippen LogP contribution < -0.4 is 10.1 Å². The molecular weight excluding hydrogens is 350 g/mol. The Kier molecular flexibility index (Phi) is 6.48. The van der Waals surface area contributed by atoms with Gasteiger partial charge >= 0.3 is 0 Å². The summed E-state index contributed by atoms with van der Waals surface area (Å²) in [7, 11) is 0. The highest BCUT2D eigenvalue weighted by Crippen LogP contribution is 2.20. The lowest BCUT2D eigenvalue weighted by molar-refractivity contribution is 0.0952. The van der Waals surface area contributed by atoms with Crippen LogP contribution in [0.3, 0.4) is 0 Å². The molecule has 5 nitrogen and oxygen atoms in total. The van der Waals surface area contributed by atoms with Crippen molar-refractivity contribution in [1.29, 1.82) is 0 Å². The molecule has 0 aliphatic rings. The van der Waals surface area contributed by atoms with E-state index in [4.69, 9.17) is 4.74 Å². The highest BCUT2D eigenvalue weighted by molar-refractivity contribution is 5.94. The molecule has 146 valence electrons. The lowest BCUT2D eigenvalue weighted by Crippen LogP contribution is -2.25. The molecule has 0 aliphatic carbocycles. The van der Waals surface area contributed by atoms with Crippen molar-refractivity contribution in [3.63, 3.8) is 0 Å². The van der Waals surface area contributed by atoms with Gasteiger partial charge in [0, 0.05) is 30.5 Å². The summed E-state index contributed by atoms with van der Waals surface area (Å²) in [4.78, 5) is 12.4. The largest absolute Gasteiger partial charge is 0.489 e. The van der Waals surface area contributed by atoms with E-state index in [-0.39, 0.29) is 5.91 Å². The summed E-state index contributed by atoms with van der Waals surface area (Å²) in [6.07, 6.45) is 2.63. The normalized spacial score (nSPS) is 10.7. The monoisotopic (exact) mass is 377 g/mol. The van der Waals surface area contributed by atoms with Gasteiger partial charge < -0.3 is 10.1 Å². The molecule has 0 saturated carbocycles. The molecule has 1 N–H and O–H groups in total. The first kappa shape index (κ1) is 19.7. The van der Waals surface area contributed by atoms with E-state index in [9.17, 15) is 4.79 Å². The first-order valence-electron chi connectivity index (χ1n) is 9.58. The maximum absolute atomic E-state index is 12.4. The molecule has 0 unspecified atom stereocenters. The third-order valence-electron chi connectivity index (χ3n) is 4.68. The van der Waals surface area contributed by atoms with Crippen molar-refractivity contribution in [3.05, 3.63) is 82.7 Å². The summed E-state index contributed by atoms with van der Waals surface area (Å²) >= 11 is 0. The van der Waals surface area contributed by atoms with Crippen molar-refractivity contribution < 1.29 is 9.53 Å². The van der Waals surface area contributed by atoms with Crippen molar-refractivity contribution in [2.45, 2.75) is 40.3 Å². The van der Waals surface area contributed by atoms with Gasteiger partial charge in [-0.2, -0.15) is 5.10 Å². The van der Waals surface area contributed by atoms with Crippen LogP contribution in [0.15, 0.2) is 54.7 Å². The van der Waals surface area contributed by atoms with Crippen LogP contribution in [0.25, 0.3) is 0 Å². The van der Waals surface area contributed by atoms with Gasteiger partial charge in [0.25, 0.3) is 5.91 Å². The van der Waals surface area contributed by atoms with E-state index in [1.54, 1.807) is 6.20 Å². The minimum absolute atomic E-state index is 0.0643. The van der Waals surface area contributed by atoms with Gasteiger partial charge in [-0.15, -0.1) is 0 Å². The first-order valence-corrected chi connectivity index (χ1v) is 9.58. The van der Waals surface area contributed by atoms with Crippen molar-refractivity contribution in [1.82, 2.24) is 15.1 Å². The Hall–Kier alpha value is -3.08. The number of rotatable bonds is 8. The third-order valence-corrected chi connectivity index (χ3v) is 4.68. The molecular formula is C23H27N3O2. The van der Waals surface area contributed by atoms with Crippen LogP contribution in [-0.4, -0.2) is 22.2 Å². The molecule has 1 amide bonds. The van der Waals surface area contributed by atoms with Crippen molar-refractivity contribution in [2.75, 3.05) is 6.54 Å². The number of benzene rings is 2. The SMILES string of the molecule is Cc1ccc(OCc2cccc(C(=O)NCCCn3nccc3C)c2)c(C)c1. The third kappa shape index (κ3) is 5.22. The first-order chi connectivity index (χ1) is 13.5. The molecule has 3 rings (SSSR count). The molecule has 0 radical (unpaired) electrons. The zero-order valence-corrected chi connectivity index (χ0v) is 16.7. The van der Waals surface area contributed by atoms with Crippen LogP contribution in [-0.2, 0) is 13.2 Å². The van der Waals surface area contributed by atoms with E-state index in [0.29, 0.717) is 18.7 Å². The average molecular weight is 377 g/mol. The number of hydrogen-bond acceptors (Lipinski definition) is 3. The molecule has 1 aromatic heterocycles. The zero-order valence-electron chi connectivity index (χ0n) is 16.7. The van der Waals surface area contributed by atoms with Gasteiger partial charge in [-0.3, -0.25) is 9.48 Å². The van der Waals surface area contributed by atoms with E-state index < -0.39 is 0 Å². The number of nitrogens with one attached hydrogen (secondary N) is 1. The lowest BCUT2D eigenvalue weighted by atomic mass is 10.1. The van der Waals surface area contributed by atoms with Gasteiger partial charge in [-0.1, -0.05) is 29.8 Å². The number of aryl methyl sites for hydroxylation is 4. The lowest BCUT2D eigenvalue weighted by Gasteiger charge is -2.11. The summed E-state index contributed by atoms with van der Waals surface area (Å²) in [5, 5.41) is 7.22. The molecule has 2 aromatic carbocycles.